The largest absolute Gasteiger partial charge is 0.478 e. The van der Waals surface area contributed by atoms with Crippen molar-refractivity contribution in [1.82, 2.24) is 4.98 Å². The minimum atomic E-state index is -3.58. The highest BCUT2D eigenvalue weighted by Gasteiger charge is 2.17. The van der Waals surface area contributed by atoms with Gasteiger partial charge in [0.1, 0.15) is 0 Å². The van der Waals surface area contributed by atoms with Crippen LogP contribution in [0.25, 0.3) is 0 Å². The molecule has 0 atom stereocenters. The van der Waals surface area contributed by atoms with Gasteiger partial charge in [0.2, 0.25) is 0 Å². The van der Waals surface area contributed by atoms with Crippen LogP contribution in [-0.2, 0) is 15.6 Å². The van der Waals surface area contributed by atoms with Crippen molar-refractivity contribution in [3.05, 3.63) is 59.3 Å². The molecule has 0 amide bonds. The highest BCUT2D eigenvalue weighted by molar-refractivity contribution is 7.90. The van der Waals surface area contributed by atoms with Crippen LogP contribution in [0.3, 0.4) is 0 Å². The number of carbonyl (C=O) groups is 1. The molecule has 0 unspecified atom stereocenters. The van der Waals surface area contributed by atoms with Crippen LogP contribution in [0.2, 0.25) is 0 Å². The summed E-state index contributed by atoms with van der Waals surface area (Å²) in [6.07, 6.45) is 0. The minimum Gasteiger partial charge on any atom is -0.478 e. The van der Waals surface area contributed by atoms with E-state index in [2.05, 4.69) is 4.98 Å². The first kappa shape index (κ1) is 14.2. The zero-order valence-electron chi connectivity index (χ0n) is 10.8. The lowest BCUT2D eigenvalue weighted by Crippen LogP contribution is -2.08. The SMILES string of the molecule is Cc1cccc(S(=O)(=O)Cc2cccc(C(=O)O)c2)n1. The van der Waals surface area contributed by atoms with Crippen molar-refractivity contribution < 1.29 is 18.3 Å². The maximum absolute atomic E-state index is 12.2. The first-order valence-electron chi connectivity index (χ1n) is 5.87. The standard InChI is InChI=1S/C14H13NO4S/c1-10-4-2-7-13(15-10)20(18,19)9-11-5-3-6-12(8-11)14(16)17/h2-8H,9H2,1H3,(H,16,17). The van der Waals surface area contributed by atoms with E-state index >= 15 is 0 Å². The van der Waals surface area contributed by atoms with Crippen molar-refractivity contribution in [2.24, 2.45) is 0 Å². The molecule has 0 radical (unpaired) electrons. The molecule has 1 N–H and O–H groups in total. The van der Waals surface area contributed by atoms with Crippen LogP contribution in [0.4, 0.5) is 0 Å². The van der Waals surface area contributed by atoms with E-state index in [4.69, 9.17) is 5.11 Å². The quantitative estimate of drug-likeness (QED) is 0.932. The van der Waals surface area contributed by atoms with E-state index in [0.29, 0.717) is 11.3 Å². The normalized spacial score (nSPS) is 11.2. The second-order valence-electron chi connectivity index (χ2n) is 4.38. The average Bonchev–Trinajstić information content (AvgIpc) is 2.38. The number of hydrogen-bond donors (Lipinski definition) is 1. The van der Waals surface area contributed by atoms with Gasteiger partial charge in [0.15, 0.2) is 14.9 Å². The lowest BCUT2D eigenvalue weighted by Gasteiger charge is -2.05. The molecular weight excluding hydrogens is 278 g/mol. The van der Waals surface area contributed by atoms with E-state index in [1.165, 1.54) is 24.3 Å². The molecular formula is C14H13NO4S. The molecule has 20 heavy (non-hydrogen) atoms. The summed E-state index contributed by atoms with van der Waals surface area (Å²) in [7, 11) is -3.58. The summed E-state index contributed by atoms with van der Waals surface area (Å²) < 4.78 is 24.5. The number of hydrogen-bond acceptors (Lipinski definition) is 4. The smallest absolute Gasteiger partial charge is 0.335 e. The van der Waals surface area contributed by atoms with E-state index in [9.17, 15) is 13.2 Å². The third kappa shape index (κ3) is 3.21. The number of carboxylic acid groups (broad SMARTS) is 1. The highest BCUT2D eigenvalue weighted by atomic mass is 32.2. The van der Waals surface area contributed by atoms with Gasteiger partial charge >= 0.3 is 5.97 Å². The van der Waals surface area contributed by atoms with E-state index in [1.807, 2.05) is 0 Å². The molecule has 1 aromatic carbocycles. The maximum Gasteiger partial charge on any atom is 0.335 e. The number of rotatable bonds is 4. The zero-order chi connectivity index (χ0) is 14.8. The van der Waals surface area contributed by atoms with Crippen LogP contribution in [0.5, 0.6) is 0 Å². The summed E-state index contributed by atoms with van der Waals surface area (Å²) in [5.41, 5.74) is 1.11. The van der Waals surface area contributed by atoms with Crippen LogP contribution >= 0.6 is 0 Å². The number of aromatic carboxylic acids is 1. The van der Waals surface area contributed by atoms with Gasteiger partial charge in [-0.25, -0.2) is 18.2 Å². The van der Waals surface area contributed by atoms with E-state index < -0.39 is 15.8 Å². The number of nitrogens with zero attached hydrogens (tertiary/aromatic N) is 1. The number of aromatic nitrogens is 1. The molecule has 5 nitrogen and oxygen atoms in total. The monoisotopic (exact) mass is 291 g/mol. The van der Waals surface area contributed by atoms with Crippen molar-refractivity contribution in [1.29, 1.82) is 0 Å². The Morgan fingerprint density at radius 3 is 2.55 bits per heavy atom. The van der Waals surface area contributed by atoms with Crippen molar-refractivity contribution in [2.45, 2.75) is 17.7 Å². The van der Waals surface area contributed by atoms with Gasteiger partial charge in [0.05, 0.1) is 11.3 Å². The molecule has 0 bridgehead atoms. The molecule has 0 aliphatic rings. The lowest BCUT2D eigenvalue weighted by atomic mass is 10.1. The van der Waals surface area contributed by atoms with Crippen molar-refractivity contribution in [2.75, 3.05) is 0 Å². The molecule has 0 aliphatic carbocycles. The van der Waals surface area contributed by atoms with Gasteiger partial charge in [-0.3, -0.25) is 0 Å². The predicted molar refractivity (Wildman–Crippen MR) is 73.3 cm³/mol. The number of sulfone groups is 1. The van der Waals surface area contributed by atoms with Gasteiger partial charge in [-0.2, -0.15) is 0 Å². The molecule has 0 fully saturated rings. The number of aryl methyl sites for hydroxylation is 1. The second kappa shape index (κ2) is 5.42. The van der Waals surface area contributed by atoms with Gasteiger partial charge in [-0.15, -0.1) is 0 Å². The molecule has 2 rings (SSSR count). The van der Waals surface area contributed by atoms with Gasteiger partial charge < -0.3 is 5.11 Å². The van der Waals surface area contributed by atoms with Crippen molar-refractivity contribution in [3.63, 3.8) is 0 Å². The summed E-state index contributed by atoms with van der Waals surface area (Å²) >= 11 is 0. The Kier molecular flexibility index (Phi) is 3.85. The van der Waals surface area contributed by atoms with E-state index in [0.717, 1.165) is 0 Å². The van der Waals surface area contributed by atoms with Crippen LogP contribution in [0.1, 0.15) is 21.6 Å². The van der Waals surface area contributed by atoms with Crippen molar-refractivity contribution >= 4 is 15.8 Å². The van der Waals surface area contributed by atoms with Crippen LogP contribution in [0, 0.1) is 6.92 Å². The molecule has 0 saturated heterocycles. The summed E-state index contributed by atoms with van der Waals surface area (Å²) in [6.45, 7) is 1.71. The fourth-order valence-electron chi connectivity index (χ4n) is 1.78. The Hall–Kier alpha value is -2.21. The molecule has 0 saturated carbocycles. The first-order chi connectivity index (χ1) is 9.38. The summed E-state index contributed by atoms with van der Waals surface area (Å²) in [5.74, 6) is -1.36. The second-order valence-corrected chi connectivity index (χ2v) is 6.32. The molecule has 104 valence electrons. The van der Waals surface area contributed by atoms with E-state index in [1.54, 1.807) is 25.1 Å². The topological polar surface area (TPSA) is 84.3 Å². The average molecular weight is 291 g/mol. The summed E-state index contributed by atoms with van der Waals surface area (Å²) in [5, 5.41) is 8.90. The number of carboxylic acids is 1. The Labute approximate surface area is 116 Å². The minimum absolute atomic E-state index is 0.00164. The number of benzene rings is 1. The third-order valence-electron chi connectivity index (χ3n) is 2.71. The van der Waals surface area contributed by atoms with Crippen LogP contribution < -0.4 is 0 Å². The summed E-state index contributed by atoms with van der Waals surface area (Å²) in [6, 6.07) is 10.7. The Morgan fingerprint density at radius 1 is 1.20 bits per heavy atom. The van der Waals surface area contributed by atoms with Crippen LogP contribution in [0.15, 0.2) is 47.5 Å². The predicted octanol–water partition coefficient (Wildman–Crippen LogP) is 2.06. The Bertz CT molecular complexity index is 753. The molecule has 1 aromatic heterocycles. The van der Waals surface area contributed by atoms with Gasteiger partial charge in [0.25, 0.3) is 0 Å². The van der Waals surface area contributed by atoms with E-state index in [-0.39, 0.29) is 16.3 Å². The third-order valence-corrected chi connectivity index (χ3v) is 4.29. The first-order valence-corrected chi connectivity index (χ1v) is 7.52. The zero-order valence-corrected chi connectivity index (χ0v) is 11.6. The Morgan fingerprint density at radius 2 is 1.90 bits per heavy atom. The van der Waals surface area contributed by atoms with Gasteiger partial charge in [-0.05, 0) is 36.8 Å². The lowest BCUT2D eigenvalue weighted by molar-refractivity contribution is 0.0696. The molecule has 6 heteroatoms. The van der Waals surface area contributed by atoms with Crippen molar-refractivity contribution in [3.8, 4) is 0 Å². The Balaban J connectivity index is 2.33. The van der Waals surface area contributed by atoms with Gasteiger partial charge in [-0.1, -0.05) is 18.2 Å². The number of pyridine rings is 1. The van der Waals surface area contributed by atoms with Gasteiger partial charge in [0, 0.05) is 5.69 Å². The maximum atomic E-state index is 12.2. The molecule has 0 aliphatic heterocycles. The highest BCUT2D eigenvalue weighted by Crippen LogP contribution is 2.16. The molecule has 1 heterocycles. The summed E-state index contributed by atoms with van der Waals surface area (Å²) in [4.78, 5) is 14.9. The molecule has 2 aromatic rings. The fourth-order valence-corrected chi connectivity index (χ4v) is 3.11. The van der Waals surface area contributed by atoms with Crippen LogP contribution in [-0.4, -0.2) is 24.5 Å². The molecule has 0 spiro atoms. The fraction of sp³-hybridized carbons (Fsp3) is 0.143.